The SMILES string of the molecule is CN=C(NCc1noc(C)n1)NC1C2CCOC2C1(C)C. The van der Waals surface area contributed by atoms with Crippen LogP contribution in [-0.2, 0) is 11.3 Å². The molecule has 2 fully saturated rings. The van der Waals surface area contributed by atoms with Crippen LogP contribution in [0.3, 0.4) is 0 Å². The molecule has 0 aromatic carbocycles. The molecular weight excluding hydrogens is 270 g/mol. The van der Waals surface area contributed by atoms with Crippen molar-refractivity contribution in [2.24, 2.45) is 16.3 Å². The highest BCUT2D eigenvalue weighted by atomic mass is 16.5. The summed E-state index contributed by atoms with van der Waals surface area (Å²) in [6, 6.07) is 0.378. The first-order valence-electron chi connectivity index (χ1n) is 7.40. The van der Waals surface area contributed by atoms with Crippen molar-refractivity contribution in [3.05, 3.63) is 11.7 Å². The fourth-order valence-corrected chi connectivity index (χ4v) is 3.54. The number of aromatic nitrogens is 2. The third-order valence-electron chi connectivity index (χ3n) is 4.60. The zero-order chi connectivity index (χ0) is 15.0. The van der Waals surface area contributed by atoms with E-state index in [2.05, 4.69) is 39.6 Å². The summed E-state index contributed by atoms with van der Waals surface area (Å²) in [5.41, 5.74) is 0.127. The molecule has 116 valence electrons. The molecule has 2 heterocycles. The normalized spacial score (nSPS) is 30.7. The topological polar surface area (TPSA) is 84.6 Å². The molecule has 0 radical (unpaired) electrons. The monoisotopic (exact) mass is 293 g/mol. The first-order valence-corrected chi connectivity index (χ1v) is 7.40. The highest BCUT2D eigenvalue weighted by Gasteiger charge is 2.59. The van der Waals surface area contributed by atoms with Crippen molar-refractivity contribution in [1.29, 1.82) is 0 Å². The minimum atomic E-state index is 0.127. The number of nitrogens with one attached hydrogen (secondary N) is 2. The van der Waals surface area contributed by atoms with Gasteiger partial charge in [0.2, 0.25) is 5.89 Å². The van der Waals surface area contributed by atoms with Gasteiger partial charge in [-0.15, -0.1) is 0 Å². The van der Waals surface area contributed by atoms with Gasteiger partial charge >= 0.3 is 0 Å². The molecule has 1 aromatic heterocycles. The smallest absolute Gasteiger partial charge is 0.223 e. The summed E-state index contributed by atoms with van der Waals surface area (Å²) in [5.74, 6) is 2.54. The fraction of sp³-hybridized carbons (Fsp3) is 0.786. The Bertz CT molecular complexity index is 539. The molecule has 3 rings (SSSR count). The van der Waals surface area contributed by atoms with Gasteiger partial charge in [0.25, 0.3) is 0 Å². The molecule has 0 bridgehead atoms. The van der Waals surface area contributed by atoms with Gasteiger partial charge in [-0.3, -0.25) is 4.99 Å². The van der Waals surface area contributed by atoms with Crippen LogP contribution in [0.15, 0.2) is 9.52 Å². The Balaban J connectivity index is 1.58. The Kier molecular flexibility index (Phi) is 3.61. The lowest BCUT2D eigenvalue weighted by molar-refractivity contribution is -0.106. The average Bonchev–Trinajstić information content (AvgIpc) is 3.06. The Hall–Kier alpha value is -1.63. The first-order chi connectivity index (χ1) is 10.0. The lowest BCUT2D eigenvalue weighted by Crippen LogP contribution is -2.67. The van der Waals surface area contributed by atoms with E-state index in [4.69, 9.17) is 9.26 Å². The number of hydrogen-bond donors (Lipinski definition) is 2. The van der Waals surface area contributed by atoms with Crippen molar-refractivity contribution in [1.82, 2.24) is 20.8 Å². The Labute approximate surface area is 124 Å². The van der Waals surface area contributed by atoms with Crippen LogP contribution in [0.25, 0.3) is 0 Å². The number of hydrogen-bond acceptors (Lipinski definition) is 5. The van der Waals surface area contributed by atoms with Crippen LogP contribution in [-0.4, -0.2) is 41.9 Å². The van der Waals surface area contributed by atoms with Crippen molar-refractivity contribution < 1.29 is 9.26 Å². The lowest BCUT2D eigenvalue weighted by atomic mass is 9.57. The molecule has 2 aliphatic rings. The maximum Gasteiger partial charge on any atom is 0.223 e. The highest BCUT2D eigenvalue weighted by molar-refractivity contribution is 5.80. The first kappa shape index (κ1) is 14.3. The maximum atomic E-state index is 5.81. The largest absolute Gasteiger partial charge is 0.377 e. The summed E-state index contributed by atoms with van der Waals surface area (Å²) in [4.78, 5) is 8.45. The predicted octanol–water partition coefficient (Wildman–Crippen LogP) is 0.857. The molecule has 2 N–H and O–H groups in total. The molecule has 3 atom stereocenters. The molecule has 1 aliphatic carbocycles. The summed E-state index contributed by atoms with van der Waals surface area (Å²) >= 11 is 0. The number of aryl methyl sites for hydroxylation is 1. The predicted molar refractivity (Wildman–Crippen MR) is 77.8 cm³/mol. The Morgan fingerprint density at radius 2 is 2.29 bits per heavy atom. The van der Waals surface area contributed by atoms with Crippen LogP contribution in [0.5, 0.6) is 0 Å². The van der Waals surface area contributed by atoms with Gasteiger partial charge < -0.3 is 19.9 Å². The van der Waals surface area contributed by atoms with E-state index in [1.54, 1.807) is 14.0 Å². The number of guanidine groups is 1. The molecule has 3 unspecified atom stereocenters. The second-order valence-corrected chi connectivity index (χ2v) is 6.34. The van der Waals surface area contributed by atoms with Crippen molar-refractivity contribution in [2.75, 3.05) is 13.7 Å². The molecule has 0 amide bonds. The Morgan fingerprint density at radius 1 is 1.48 bits per heavy atom. The van der Waals surface area contributed by atoms with E-state index >= 15 is 0 Å². The van der Waals surface area contributed by atoms with Crippen LogP contribution in [0.1, 0.15) is 32.0 Å². The number of nitrogens with zero attached hydrogens (tertiary/aromatic N) is 3. The quantitative estimate of drug-likeness (QED) is 0.635. The van der Waals surface area contributed by atoms with Gasteiger partial charge in [0.05, 0.1) is 12.6 Å². The third-order valence-corrected chi connectivity index (χ3v) is 4.60. The van der Waals surface area contributed by atoms with E-state index in [1.807, 2.05) is 0 Å². The van der Waals surface area contributed by atoms with Gasteiger partial charge in [-0.25, -0.2) is 0 Å². The van der Waals surface area contributed by atoms with Crippen molar-refractivity contribution in [3.63, 3.8) is 0 Å². The molecule has 1 saturated carbocycles. The van der Waals surface area contributed by atoms with Gasteiger partial charge in [-0.1, -0.05) is 19.0 Å². The van der Waals surface area contributed by atoms with Crippen LogP contribution in [0.2, 0.25) is 0 Å². The highest BCUT2D eigenvalue weighted by Crippen LogP contribution is 2.51. The number of rotatable bonds is 3. The molecule has 1 aromatic rings. The minimum absolute atomic E-state index is 0.127. The molecule has 0 spiro atoms. The van der Waals surface area contributed by atoms with Crippen LogP contribution in [0.4, 0.5) is 0 Å². The molecule has 21 heavy (non-hydrogen) atoms. The second-order valence-electron chi connectivity index (χ2n) is 6.34. The third kappa shape index (κ3) is 2.50. The fourth-order valence-electron chi connectivity index (χ4n) is 3.54. The zero-order valence-corrected chi connectivity index (χ0v) is 13.0. The van der Waals surface area contributed by atoms with Crippen LogP contribution < -0.4 is 10.6 Å². The van der Waals surface area contributed by atoms with E-state index < -0.39 is 0 Å². The lowest BCUT2D eigenvalue weighted by Gasteiger charge is -2.54. The van der Waals surface area contributed by atoms with Crippen LogP contribution >= 0.6 is 0 Å². The van der Waals surface area contributed by atoms with Crippen molar-refractivity contribution in [2.45, 2.75) is 45.9 Å². The van der Waals surface area contributed by atoms with E-state index in [1.165, 1.54) is 0 Å². The van der Waals surface area contributed by atoms with E-state index in [-0.39, 0.29) is 5.41 Å². The van der Waals surface area contributed by atoms with E-state index in [0.29, 0.717) is 36.3 Å². The van der Waals surface area contributed by atoms with E-state index in [0.717, 1.165) is 19.0 Å². The second kappa shape index (κ2) is 5.29. The molecular formula is C14H23N5O2. The summed E-state index contributed by atoms with van der Waals surface area (Å²) < 4.78 is 10.8. The van der Waals surface area contributed by atoms with Gasteiger partial charge in [0.1, 0.15) is 0 Å². The Morgan fingerprint density at radius 3 is 2.95 bits per heavy atom. The maximum absolute atomic E-state index is 5.81. The summed E-state index contributed by atoms with van der Waals surface area (Å²) in [7, 11) is 1.77. The van der Waals surface area contributed by atoms with Gasteiger partial charge in [0.15, 0.2) is 11.8 Å². The van der Waals surface area contributed by atoms with Gasteiger partial charge in [0, 0.05) is 38.0 Å². The standard InChI is InChI=1S/C14H23N5O2/c1-8-17-10(19-21-8)7-16-13(15-4)18-11-9-5-6-20-12(9)14(11,2)3/h9,11-12H,5-7H2,1-4H3,(H2,15,16,18). The zero-order valence-electron chi connectivity index (χ0n) is 13.0. The molecule has 7 heteroatoms. The number of fused-ring (bicyclic) bond motifs is 1. The van der Waals surface area contributed by atoms with Crippen molar-refractivity contribution in [3.8, 4) is 0 Å². The molecule has 7 nitrogen and oxygen atoms in total. The minimum Gasteiger partial charge on any atom is -0.377 e. The summed E-state index contributed by atoms with van der Waals surface area (Å²) in [6.45, 7) is 7.63. The molecule has 1 aliphatic heterocycles. The van der Waals surface area contributed by atoms with E-state index in [9.17, 15) is 0 Å². The molecule has 1 saturated heterocycles. The number of aliphatic imine (C=N–C) groups is 1. The van der Waals surface area contributed by atoms with Crippen LogP contribution in [0, 0.1) is 18.3 Å². The van der Waals surface area contributed by atoms with Gasteiger partial charge in [-0.2, -0.15) is 4.98 Å². The van der Waals surface area contributed by atoms with Gasteiger partial charge in [-0.05, 0) is 6.42 Å². The average molecular weight is 293 g/mol. The van der Waals surface area contributed by atoms with Crippen molar-refractivity contribution >= 4 is 5.96 Å². The number of ether oxygens (including phenoxy) is 1. The summed E-state index contributed by atoms with van der Waals surface area (Å²) in [6.07, 6.45) is 1.49. The summed E-state index contributed by atoms with van der Waals surface area (Å²) in [5, 5.41) is 10.6.